The fraction of sp³-hybridized carbons (Fsp3) is 0.615. The quantitative estimate of drug-likeness (QED) is 0.100. The molecule has 4 heterocycles. The largest absolute Gasteiger partial charge is 0.369 e. The average Bonchev–Trinajstić information content (AvgIpc) is 3.83. The molecule has 0 amide bonds. The minimum Gasteiger partial charge on any atom is -0.369 e. The third-order valence-corrected chi connectivity index (χ3v) is 9.79. The van der Waals surface area contributed by atoms with Crippen LogP contribution in [0.4, 0.5) is 11.9 Å². The molecule has 0 radical (unpaired) electrons. The number of rotatable bonds is 14. The van der Waals surface area contributed by atoms with E-state index in [1.54, 1.807) is 33.9 Å². The summed E-state index contributed by atoms with van der Waals surface area (Å²) in [4.78, 5) is 54.2. The molecule has 0 unspecified atom stereocenters. The minimum absolute atomic E-state index is 0.0183. The van der Waals surface area contributed by atoms with Crippen LogP contribution in [0.25, 0.3) is 11.3 Å². The fourth-order valence-corrected chi connectivity index (χ4v) is 7.36. The van der Waals surface area contributed by atoms with E-state index in [2.05, 4.69) is 30.1 Å². The van der Waals surface area contributed by atoms with Crippen molar-refractivity contribution in [3.8, 4) is 0 Å². The molecule has 264 valence electrons. The van der Waals surface area contributed by atoms with E-state index in [0.29, 0.717) is 42.5 Å². The summed E-state index contributed by atoms with van der Waals surface area (Å²) in [6.07, 6.45) is 5.64. The smallest absolute Gasteiger partial charge is 0.356 e. The van der Waals surface area contributed by atoms with Gasteiger partial charge in [-0.15, -0.1) is 0 Å². The lowest BCUT2D eigenvalue weighted by Crippen LogP contribution is -2.22. The summed E-state index contributed by atoms with van der Waals surface area (Å²) in [5.74, 6) is 0.00964. The third kappa shape index (κ3) is 8.95. The van der Waals surface area contributed by atoms with Crippen LogP contribution in [0.1, 0.15) is 64.5 Å². The van der Waals surface area contributed by atoms with Gasteiger partial charge in [0.2, 0.25) is 11.9 Å². The van der Waals surface area contributed by atoms with E-state index in [1.807, 2.05) is 0 Å². The average molecular weight is 715 g/mol. The van der Waals surface area contributed by atoms with Gasteiger partial charge in [0.25, 0.3) is 0 Å². The highest BCUT2D eigenvalue weighted by Gasteiger charge is 2.47. The van der Waals surface area contributed by atoms with Gasteiger partial charge in [-0.1, -0.05) is 0 Å². The Hall–Kier alpha value is -3.48. The SMILES string of the molecule is CC(C)OP(=O)(COC1(Cc2cnn3c(=O)[nH]c(N)nc23)CC1)OC(C)C.Nc1nc2c(CC3(OCP(=O)(O)O)CC3)cnn2c(=O)[nH]1. The third-order valence-electron chi connectivity index (χ3n) is 7.39. The van der Waals surface area contributed by atoms with Crippen LogP contribution in [-0.2, 0) is 40.5 Å². The molecule has 0 atom stereocenters. The molecule has 20 nitrogen and oxygen atoms in total. The van der Waals surface area contributed by atoms with Gasteiger partial charge in [-0.05, 0) is 53.4 Å². The van der Waals surface area contributed by atoms with Crippen LogP contribution >= 0.6 is 15.2 Å². The van der Waals surface area contributed by atoms with Crippen molar-refractivity contribution in [2.45, 2.75) is 89.6 Å². The first-order chi connectivity index (χ1) is 22.4. The summed E-state index contributed by atoms with van der Waals surface area (Å²) in [6, 6.07) is 0. The van der Waals surface area contributed by atoms with Gasteiger partial charge in [-0.3, -0.25) is 19.1 Å². The van der Waals surface area contributed by atoms with Gasteiger partial charge in [0.1, 0.15) is 12.7 Å². The normalized spacial score (nSPS) is 16.8. The Balaban J connectivity index is 0.000000194. The van der Waals surface area contributed by atoms with Crippen LogP contribution in [-0.4, -0.2) is 85.1 Å². The molecule has 0 spiro atoms. The molecule has 0 aromatic carbocycles. The van der Waals surface area contributed by atoms with Gasteiger partial charge in [-0.2, -0.15) is 29.2 Å². The van der Waals surface area contributed by atoms with Gasteiger partial charge >= 0.3 is 26.6 Å². The van der Waals surface area contributed by atoms with Crippen molar-refractivity contribution in [3.05, 3.63) is 44.5 Å². The number of hydrogen-bond acceptors (Lipinski definition) is 14. The molecule has 2 aliphatic carbocycles. The van der Waals surface area contributed by atoms with Gasteiger partial charge in [-0.25, -0.2) is 9.59 Å². The Morgan fingerprint density at radius 3 is 1.54 bits per heavy atom. The Morgan fingerprint density at radius 2 is 1.19 bits per heavy atom. The molecule has 4 aromatic heterocycles. The summed E-state index contributed by atoms with van der Waals surface area (Å²) in [5.41, 5.74) is 11.2. The molecule has 2 aliphatic rings. The minimum atomic E-state index is -4.21. The number of nitrogen functional groups attached to an aromatic ring is 2. The van der Waals surface area contributed by atoms with Crippen LogP contribution in [0.15, 0.2) is 22.0 Å². The number of nitrogens with one attached hydrogen (secondary N) is 2. The monoisotopic (exact) mass is 714 g/mol. The molecular formula is C26H40N10O10P2. The maximum atomic E-state index is 13.0. The van der Waals surface area contributed by atoms with Crippen molar-refractivity contribution in [1.29, 1.82) is 0 Å². The standard InChI is InChI=1S/C16H26N5O5P.C10H14N5O5P/c1-10(2)25-27(23,26-11(3)4)9-24-16(5-6-16)7-12-8-18-21-13(12)19-14(17)20-15(21)22;11-8-13-7-6(4-12-15(7)9(16)14-8)3-10(1-2-10)20-5-21(17,18)19/h8,10-11H,5-7,9H2,1-4H3,(H3,17,19,20,22);4H,1-3,5H2,(H2,17,18,19)(H3,11,13,14,16). The lowest BCUT2D eigenvalue weighted by molar-refractivity contribution is 0.0379. The van der Waals surface area contributed by atoms with Gasteiger partial charge in [0.05, 0.1) is 35.8 Å². The summed E-state index contributed by atoms with van der Waals surface area (Å²) in [7, 11) is -7.59. The highest BCUT2D eigenvalue weighted by atomic mass is 31.2. The molecule has 8 N–H and O–H groups in total. The van der Waals surface area contributed by atoms with E-state index in [9.17, 15) is 18.7 Å². The molecule has 2 fully saturated rings. The molecule has 48 heavy (non-hydrogen) atoms. The first kappa shape index (κ1) is 35.8. The number of ether oxygens (including phenoxy) is 2. The Labute approximate surface area is 273 Å². The zero-order valence-electron chi connectivity index (χ0n) is 26.9. The molecule has 6 rings (SSSR count). The summed E-state index contributed by atoms with van der Waals surface area (Å²) < 4.78 is 48.5. The van der Waals surface area contributed by atoms with Crippen molar-refractivity contribution in [3.63, 3.8) is 0 Å². The lowest BCUT2D eigenvalue weighted by Gasteiger charge is -2.25. The Morgan fingerprint density at radius 1 is 0.792 bits per heavy atom. The zero-order valence-corrected chi connectivity index (χ0v) is 28.6. The van der Waals surface area contributed by atoms with Crippen LogP contribution in [0.5, 0.6) is 0 Å². The number of H-pyrrole nitrogens is 2. The van der Waals surface area contributed by atoms with E-state index in [-0.39, 0.29) is 30.5 Å². The molecule has 22 heteroatoms. The van der Waals surface area contributed by atoms with Crippen molar-refractivity contribution in [1.82, 2.24) is 39.2 Å². The van der Waals surface area contributed by atoms with Crippen molar-refractivity contribution < 1.29 is 37.4 Å². The van der Waals surface area contributed by atoms with Crippen LogP contribution in [0.2, 0.25) is 0 Å². The van der Waals surface area contributed by atoms with E-state index in [4.69, 9.17) is 39.8 Å². The number of fused-ring (bicyclic) bond motifs is 2. The van der Waals surface area contributed by atoms with E-state index >= 15 is 0 Å². The number of nitrogens with zero attached hydrogens (tertiary/aromatic N) is 6. The zero-order chi connectivity index (χ0) is 35.1. The van der Waals surface area contributed by atoms with E-state index in [1.165, 1.54) is 6.20 Å². The van der Waals surface area contributed by atoms with E-state index < -0.39 is 44.1 Å². The summed E-state index contributed by atoms with van der Waals surface area (Å²) >= 11 is 0. The molecule has 4 aromatic rings. The summed E-state index contributed by atoms with van der Waals surface area (Å²) in [6.45, 7) is 7.21. The fourth-order valence-electron chi connectivity index (χ4n) is 5.03. The predicted octanol–water partition coefficient (Wildman–Crippen LogP) is 1.32. The van der Waals surface area contributed by atoms with Crippen LogP contribution in [0.3, 0.4) is 0 Å². The molecule has 0 aliphatic heterocycles. The number of aromatic nitrogens is 8. The van der Waals surface area contributed by atoms with Crippen LogP contribution < -0.4 is 22.8 Å². The first-order valence-electron chi connectivity index (χ1n) is 15.1. The number of nitrogens with two attached hydrogens (primary N) is 2. The number of aromatic amines is 2. The maximum Gasteiger partial charge on any atom is 0.356 e. The number of hydrogen-bond donors (Lipinski definition) is 6. The molecule has 0 bridgehead atoms. The predicted molar refractivity (Wildman–Crippen MR) is 171 cm³/mol. The van der Waals surface area contributed by atoms with Crippen molar-refractivity contribution >= 4 is 38.4 Å². The van der Waals surface area contributed by atoms with Gasteiger partial charge in [0, 0.05) is 24.0 Å². The first-order valence-corrected chi connectivity index (χ1v) is 18.7. The van der Waals surface area contributed by atoms with Crippen LogP contribution in [0, 0.1) is 0 Å². The topological polar surface area (TPSA) is 290 Å². The van der Waals surface area contributed by atoms with Crippen molar-refractivity contribution in [2.75, 3.05) is 24.2 Å². The van der Waals surface area contributed by atoms with Gasteiger partial charge in [0.15, 0.2) is 11.3 Å². The second-order valence-electron chi connectivity index (χ2n) is 12.5. The van der Waals surface area contributed by atoms with Crippen molar-refractivity contribution in [2.24, 2.45) is 0 Å². The van der Waals surface area contributed by atoms with E-state index in [0.717, 1.165) is 27.4 Å². The lowest BCUT2D eigenvalue weighted by atomic mass is 10.1. The summed E-state index contributed by atoms with van der Waals surface area (Å²) in [5, 5.41) is 7.98. The molecule has 0 saturated heterocycles. The van der Waals surface area contributed by atoms with Gasteiger partial charge < -0.3 is 39.8 Å². The second kappa shape index (κ2) is 13.4. The second-order valence-corrected chi connectivity index (χ2v) is 16.0. The molecular weight excluding hydrogens is 674 g/mol. The maximum absolute atomic E-state index is 13.0. The highest BCUT2D eigenvalue weighted by molar-refractivity contribution is 7.53. The Bertz CT molecular complexity index is 1980. The molecule has 2 saturated carbocycles. The highest BCUT2D eigenvalue weighted by Crippen LogP contribution is 2.54. The number of anilines is 2. The Kier molecular flexibility index (Phi) is 10.0.